The van der Waals surface area contributed by atoms with Crippen molar-refractivity contribution in [1.82, 2.24) is 29.4 Å². The van der Waals surface area contributed by atoms with Crippen LogP contribution in [0.15, 0.2) is 200 Å². The number of benzene rings is 8. The summed E-state index contributed by atoms with van der Waals surface area (Å²) in [5.74, 6) is 0. The Kier molecular flexibility index (Phi) is 51.1. The third-order valence-corrected chi connectivity index (χ3v) is 17.7. The second kappa shape index (κ2) is 53.7. The first-order valence-corrected chi connectivity index (χ1v) is 39.5. The number of nitrogens with zero attached hydrogens (tertiary/aromatic N) is 6. The maximum atomic E-state index is 2.36. The van der Waals surface area contributed by atoms with Crippen LogP contribution >= 0.6 is 0 Å². The fourth-order valence-corrected chi connectivity index (χ4v) is 12.0. The molecular formula is C96H150N6. The largest absolute Gasteiger partial charge is 0.310 e. The van der Waals surface area contributed by atoms with Gasteiger partial charge in [-0.1, -0.05) is 346 Å². The molecule has 564 valence electrons. The van der Waals surface area contributed by atoms with Crippen molar-refractivity contribution < 1.29 is 0 Å². The molecule has 0 N–H and O–H groups in total. The van der Waals surface area contributed by atoms with Crippen LogP contribution in [0.4, 0.5) is 0 Å². The van der Waals surface area contributed by atoms with Gasteiger partial charge in [-0.15, -0.1) is 0 Å². The van der Waals surface area contributed by atoms with Gasteiger partial charge in [-0.2, -0.15) is 0 Å². The monoisotopic (exact) mass is 1390 g/mol. The molecule has 0 fully saturated rings. The zero-order valence-corrected chi connectivity index (χ0v) is 71.8. The van der Waals surface area contributed by atoms with Gasteiger partial charge in [0.25, 0.3) is 0 Å². The van der Waals surface area contributed by atoms with Crippen molar-refractivity contribution in [2.75, 3.05) is 124 Å². The first-order chi connectivity index (χ1) is 49.4. The Labute approximate surface area is 631 Å². The van der Waals surface area contributed by atoms with Gasteiger partial charge in [0.15, 0.2) is 0 Å². The molecule has 0 unspecified atom stereocenters. The predicted octanol–water partition coefficient (Wildman–Crippen LogP) is 24.5. The van der Waals surface area contributed by atoms with Gasteiger partial charge in [0, 0.05) is 0 Å². The Bertz CT molecular complexity index is 3400. The molecule has 0 aromatic heterocycles. The third-order valence-electron chi connectivity index (χ3n) is 17.7. The van der Waals surface area contributed by atoms with E-state index in [2.05, 4.69) is 350 Å². The second-order valence-electron chi connectivity index (χ2n) is 24.5. The first-order valence-electron chi connectivity index (χ1n) is 39.5. The molecule has 8 aromatic carbocycles. The predicted molar refractivity (Wildman–Crippen MR) is 466 cm³/mol. The van der Waals surface area contributed by atoms with Crippen LogP contribution in [0.3, 0.4) is 0 Å². The molecular weight excluding hydrogens is 1240 g/mol. The van der Waals surface area contributed by atoms with Gasteiger partial charge in [-0.3, -0.25) is 0 Å². The molecule has 0 amide bonds. The number of allylic oxidation sites excluding steroid dienone is 3. The molecule has 14 rings (SSSR count). The standard InChI is InChI=1S/2C28H18.6C4H11N.8C2H6/c1-2-10-19-18(9-1)17-23-22-13-5-8-16-26(22)28(27(19)23)24-14-6-3-11-20(24)21-12-4-7-15-25(21)28;1-2-10-19-18(9-1)17-26-27(19)22-13-5-8-16-25(22)28(26)23-14-6-3-11-20(23)21-12-4-7-15-24(21)28;6*1-4-5(2)3;8*1-2/h2*1-16H,17H2;6*4H2,1-3H3;8*1-2H3. The molecule has 6 heteroatoms. The van der Waals surface area contributed by atoms with Crippen molar-refractivity contribution >= 4 is 16.7 Å². The third kappa shape index (κ3) is 24.0. The Morgan fingerprint density at radius 3 is 0.706 bits per heavy atom. The van der Waals surface area contributed by atoms with Gasteiger partial charge in [0.05, 0.1) is 10.8 Å². The van der Waals surface area contributed by atoms with Gasteiger partial charge in [-0.05, 0) is 248 Å². The molecule has 8 aromatic rings. The van der Waals surface area contributed by atoms with Gasteiger partial charge in [-0.25, -0.2) is 0 Å². The maximum absolute atomic E-state index is 2.36. The summed E-state index contributed by atoms with van der Waals surface area (Å²) in [7, 11) is 24.7. The van der Waals surface area contributed by atoms with Gasteiger partial charge >= 0.3 is 0 Å². The fraction of sp³-hybridized carbons (Fsp3) is 0.458. The Morgan fingerprint density at radius 1 is 0.225 bits per heavy atom. The number of fused-ring (bicyclic) bond motifs is 22. The van der Waals surface area contributed by atoms with Crippen molar-refractivity contribution in [3.8, 4) is 22.3 Å². The average Bonchev–Trinajstić information content (AvgIpc) is 1.51. The Hall–Kier alpha value is -7.00. The highest BCUT2D eigenvalue weighted by Crippen LogP contribution is 2.67. The molecule has 0 bridgehead atoms. The van der Waals surface area contributed by atoms with E-state index in [1.807, 2.05) is 111 Å². The smallest absolute Gasteiger partial charge is 0.0728 e. The highest BCUT2D eigenvalue weighted by atomic mass is 15.1. The molecule has 102 heavy (non-hydrogen) atoms. The highest BCUT2D eigenvalue weighted by molar-refractivity contribution is 6.13. The molecule has 2 spiro atoms. The lowest BCUT2D eigenvalue weighted by Gasteiger charge is -2.33. The molecule has 0 atom stereocenters. The van der Waals surface area contributed by atoms with E-state index in [1.54, 1.807) is 5.57 Å². The minimum Gasteiger partial charge on any atom is -0.310 e. The summed E-state index contributed by atoms with van der Waals surface area (Å²) in [6, 6.07) is 72.2. The summed E-state index contributed by atoms with van der Waals surface area (Å²) >= 11 is 0. The zero-order chi connectivity index (χ0) is 78.3. The normalized spacial score (nSPS) is 12.4. The van der Waals surface area contributed by atoms with E-state index >= 15 is 0 Å². The molecule has 0 radical (unpaired) electrons. The zero-order valence-electron chi connectivity index (χ0n) is 71.8. The van der Waals surface area contributed by atoms with E-state index in [4.69, 9.17) is 0 Å². The van der Waals surface area contributed by atoms with Crippen LogP contribution in [0.5, 0.6) is 0 Å². The van der Waals surface area contributed by atoms with Crippen molar-refractivity contribution in [3.63, 3.8) is 0 Å². The van der Waals surface area contributed by atoms with Crippen molar-refractivity contribution in [2.45, 2.75) is 176 Å². The van der Waals surface area contributed by atoms with E-state index in [9.17, 15) is 0 Å². The fourth-order valence-electron chi connectivity index (χ4n) is 12.0. The van der Waals surface area contributed by atoms with Gasteiger partial charge in [0.2, 0.25) is 0 Å². The molecule has 6 aliphatic rings. The van der Waals surface area contributed by atoms with E-state index < -0.39 is 0 Å². The Balaban J connectivity index is 0. The van der Waals surface area contributed by atoms with Crippen molar-refractivity contribution in [2.24, 2.45) is 0 Å². The number of rotatable bonds is 6. The van der Waals surface area contributed by atoms with E-state index in [1.165, 1.54) is 106 Å². The first kappa shape index (κ1) is 97.1. The maximum Gasteiger partial charge on any atom is 0.0728 e. The van der Waals surface area contributed by atoms with Crippen LogP contribution in [0.1, 0.15) is 219 Å². The van der Waals surface area contributed by atoms with Crippen LogP contribution in [-0.2, 0) is 23.7 Å². The van der Waals surface area contributed by atoms with Crippen molar-refractivity contribution in [1.29, 1.82) is 0 Å². The molecule has 0 saturated heterocycles. The SMILES string of the molecule is CC.CC.CC.CC.CC.CC.CC.CC.CCN(C)C.CCN(C)C.CCN(C)C.CCN(C)C.CCN(C)C.CCN(C)C.c1ccc2c(c1)CC1=C2C2(c3ccccc31)c1ccccc1-c1ccccc12.c1ccc2c(c1)CC1=C2c2ccccc2C12c1ccccc1-c1ccccc12. The second-order valence-corrected chi connectivity index (χ2v) is 24.5. The van der Waals surface area contributed by atoms with Crippen LogP contribution < -0.4 is 0 Å². The summed E-state index contributed by atoms with van der Waals surface area (Å²) in [6.45, 7) is 51.6. The molecule has 6 nitrogen and oxygen atoms in total. The molecule has 0 heterocycles. The van der Waals surface area contributed by atoms with Crippen LogP contribution in [0.2, 0.25) is 0 Å². The van der Waals surface area contributed by atoms with E-state index in [-0.39, 0.29) is 10.8 Å². The van der Waals surface area contributed by atoms with Crippen LogP contribution in [0.25, 0.3) is 39.0 Å². The number of hydrogen-bond donors (Lipinski definition) is 0. The minimum atomic E-state index is -0.189. The quantitative estimate of drug-likeness (QED) is 0.164. The van der Waals surface area contributed by atoms with E-state index in [0.29, 0.717) is 0 Å². The topological polar surface area (TPSA) is 19.4 Å². The van der Waals surface area contributed by atoms with Gasteiger partial charge in [0.1, 0.15) is 0 Å². The molecule has 0 aliphatic heterocycles. The van der Waals surface area contributed by atoms with E-state index in [0.717, 1.165) is 52.1 Å². The Morgan fingerprint density at radius 2 is 0.422 bits per heavy atom. The van der Waals surface area contributed by atoms with Gasteiger partial charge < -0.3 is 29.4 Å². The lowest BCUT2D eigenvalue weighted by molar-refractivity contribution is 0.434. The summed E-state index contributed by atoms with van der Waals surface area (Å²) in [5.41, 5.74) is 28.5. The molecule has 0 saturated carbocycles. The lowest BCUT2D eigenvalue weighted by atomic mass is 9.68. The average molecular weight is 1390 g/mol. The van der Waals surface area contributed by atoms with Crippen LogP contribution in [0, 0.1) is 0 Å². The molecule has 6 aliphatic carbocycles. The summed E-state index contributed by atoms with van der Waals surface area (Å²) in [6.07, 6.45) is 2.07. The summed E-state index contributed by atoms with van der Waals surface area (Å²) in [4.78, 5) is 12.8. The number of hydrogen-bond acceptors (Lipinski definition) is 6. The highest BCUT2D eigenvalue weighted by Gasteiger charge is 2.56. The summed E-state index contributed by atoms with van der Waals surface area (Å²) in [5, 5.41) is 0. The summed E-state index contributed by atoms with van der Waals surface area (Å²) < 4.78 is 0. The van der Waals surface area contributed by atoms with Crippen molar-refractivity contribution in [3.05, 3.63) is 266 Å². The lowest BCUT2D eigenvalue weighted by Crippen LogP contribution is -2.28. The van der Waals surface area contributed by atoms with Crippen LogP contribution in [-0.4, -0.2) is 153 Å². The minimum absolute atomic E-state index is 0.155.